The van der Waals surface area contributed by atoms with Crippen LogP contribution in [0.25, 0.3) is 11.1 Å². The highest BCUT2D eigenvalue weighted by Gasteiger charge is 2.29. The summed E-state index contributed by atoms with van der Waals surface area (Å²) in [6.45, 7) is 4.53. The quantitative estimate of drug-likeness (QED) is 0.406. The minimum absolute atomic E-state index is 0.758. The van der Waals surface area contributed by atoms with Gasteiger partial charge in [0.1, 0.15) is 0 Å². The van der Waals surface area contributed by atoms with E-state index >= 15 is 0 Å². The Kier molecular flexibility index (Phi) is 7.39. The lowest BCUT2D eigenvalue weighted by Gasteiger charge is -2.36. The van der Waals surface area contributed by atoms with Crippen LogP contribution in [0.15, 0.2) is 54.6 Å². The van der Waals surface area contributed by atoms with Gasteiger partial charge in [-0.25, -0.2) is 0 Å². The maximum Gasteiger partial charge on any atom is -0.0162 e. The highest BCUT2D eigenvalue weighted by Crippen LogP contribution is 2.41. The Morgan fingerprint density at radius 1 is 0.727 bits per heavy atom. The summed E-state index contributed by atoms with van der Waals surface area (Å²) in [6.07, 6.45) is 21.4. The summed E-state index contributed by atoms with van der Waals surface area (Å²) in [6, 6.07) is 17.0. The second kappa shape index (κ2) is 10.6. The van der Waals surface area contributed by atoms with E-state index in [0.29, 0.717) is 0 Å². The lowest BCUT2D eigenvalue weighted by molar-refractivity contribution is 0.187. The van der Waals surface area contributed by atoms with Crippen molar-refractivity contribution in [3.8, 4) is 11.1 Å². The number of rotatable bonds is 5. The van der Waals surface area contributed by atoms with Crippen molar-refractivity contribution in [3.05, 3.63) is 71.3 Å². The Labute approximate surface area is 202 Å². The van der Waals surface area contributed by atoms with E-state index in [9.17, 15) is 0 Å². The van der Waals surface area contributed by atoms with Gasteiger partial charge in [0.25, 0.3) is 0 Å². The molecule has 5 rings (SSSR count). The van der Waals surface area contributed by atoms with E-state index in [4.69, 9.17) is 0 Å². The second-order valence-corrected chi connectivity index (χ2v) is 11.4. The minimum Gasteiger partial charge on any atom is -0.0914 e. The Balaban J connectivity index is 1.21. The van der Waals surface area contributed by atoms with Crippen molar-refractivity contribution in [2.45, 2.75) is 96.8 Å². The summed E-state index contributed by atoms with van der Waals surface area (Å²) < 4.78 is 0. The molecule has 0 heterocycles. The predicted octanol–water partition coefficient (Wildman–Crippen LogP) is 9.52. The van der Waals surface area contributed by atoms with Gasteiger partial charge in [0, 0.05) is 0 Å². The number of allylic oxidation sites excluding steroid dienone is 2. The summed E-state index contributed by atoms with van der Waals surface area (Å²) in [7, 11) is 0. The van der Waals surface area contributed by atoms with Crippen molar-refractivity contribution in [1.29, 1.82) is 0 Å². The molecule has 0 heteroatoms. The first kappa shape index (κ1) is 22.9. The zero-order valence-corrected chi connectivity index (χ0v) is 21.1. The van der Waals surface area contributed by atoms with Crippen molar-refractivity contribution >= 4 is 0 Å². The topological polar surface area (TPSA) is 0 Å². The molecule has 2 aromatic rings. The SMILES string of the molecule is C/C=C/C1CCC(c2ccc(-c3ccc4c(c3)CCC(C3CCC(CC)CC3)C4)cc2)CC1. The van der Waals surface area contributed by atoms with Crippen LogP contribution in [0.4, 0.5) is 0 Å². The highest BCUT2D eigenvalue weighted by atomic mass is 14.3. The molecular formula is C33H44. The molecule has 0 spiro atoms. The number of aryl methyl sites for hydroxylation is 1. The molecule has 0 radical (unpaired) electrons. The summed E-state index contributed by atoms with van der Waals surface area (Å²) in [4.78, 5) is 0. The third-order valence-corrected chi connectivity index (χ3v) is 9.56. The molecule has 0 aliphatic heterocycles. The maximum atomic E-state index is 2.51. The van der Waals surface area contributed by atoms with Crippen molar-refractivity contribution in [2.75, 3.05) is 0 Å². The molecule has 0 nitrogen and oxygen atoms in total. The monoisotopic (exact) mass is 440 g/mol. The van der Waals surface area contributed by atoms with Crippen LogP contribution in [-0.2, 0) is 12.8 Å². The molecule has 3 aliphatic rings. The molecule has 0 saturated heterocycles. The third kappa shape index (κ3) is 5.31. The first-order valence-electron chi connectivity index (χ1n) is 14.1. The lowest BCUT2D eigenvalue weighted by Crippen LogP contribution is -2.26. The van der Waals surface area contributed by atoms with E-state index in [-0.39, 0.29) is 0 Å². The van der Waals surface area contributed by atoms with E-state index in [1.807, 2.05) is 0 Å². The van der Waals surface area contributed by atoms with E-state index < -0.39 is 0 Å². The van der Waals surface area contributed by atoms with Gasteiger partial charge in [0.2, 0.25) is 0 Å². The zero-order valence-electron chi connectivity index (χ0n) is 21.1. The number of fused-ring (bicyclic) bond motifs is 1. The van der Waals surface area contributed by atoms with Crippen molar-refractivity contribution < 1.29 is 0 Å². The lowest BCUT2D eigenvalue weighted by atomic mass is 9.69. The second-order valence-electron chi connectivity index (χ2n) is 11.4. The largest absolute Gasteiger partial charge is 0.0914 e. The first-order chi connectivity index (χ1) is 16.2. The van der Waals surface area contributed by atoms with E-state index in [1.54, 1.807) is 16.7 Å². The van der Waals surface area contributed by atoms with E-state index in [0.717, 1.165) is 29.6 Å². The molecule has 0 amide bonds. The number of hydrogen-bond donors (Lipinski definition) is 0. The Hall–Kier alpha value is -1.82. The van der Waals surface area contributed by atoms with Crippen LogP contribution in [0.5, 0.6) is 0 Å². The van der Waals surface area contributed by atoms with Gasteiger partial charge in [-0.3, -0.25) is 0 Å². The van der Waals surface area contributed by atoms with Crippen molar-refractivity contribution in [1.82, 2.24) is 0 Å². The van der Waals surface area contributed by atoms with Crippen molar-refractivity contribution in [3.63, 3.8) is 0 Å². The molecule has 2 aromatic carbocycles. The predicted molar refractivity (Wildman–Crippen MR) is 143 cm³/mol. The Morgan fingerprint density at radius 3 is 2.15 bits per heavy atom. The molecule has 33 heavy (non-hydrogen) atoms. The molecule has 0 N–H and O–H groups in total. The standard InChI is InChI=1S/C33H44/c1-3-5-25-8-12-26(13-9-25)27-14-16-29(17-15-27)31-19-21-32-22-30(18-20-33(32)23-31)28-10-6-24(4-2)7-11-28/h3,5,14-17,19,21,23-26,28,30H,4,6-13,18,20,22H2,1-2H3/b5-3+. The van der Waals surface area contributed by atoms with Gasteiger partial charge in [-0.1, -0.05) is 80.8 Å². The van der Waals surface area contributed by atoms with Gasteiger partial charge in [-0.2, -0.15) is 0 Å². The molecule has 0 bridgehead atoms. The molecule has 2 saturated carbocycles. The zero-order chi connectivity index (χ0) is 22.6. The van der Waals surface area contributed by atoms with Gasteiger partial charge in [-0.15, -0.1) is 0 Å². The Morgan fingerprint density at radius 2 is 1.45 bits per heavy atom. The summed E-state index contributed by atoms with van der Waals surface area (Å²) >= 11 is 0. The average Bonchev–Trinajstić information content (AvgIpc) is 2.89. The van der Waals surface area contributed by atoms with Crippen molar-refractivity contribution in [2.24, 2.45) is 23.7 Å². The van der Waals surface area contributed by atoms with Crippen LogP contribution in [-0.4, -0.2) is 0 Å². The van der Waals surface area contributed by atoms with Crippen LogP contribution < -0.4 is 0 Å². The first-order valence-corrected chi connectivity index (χ1v) is 14.1. The molecule has 1 atom stereocenters. The highest BCUT2D eigenvalue weighted by molar-refractivity contribution is 5.65. The Bertz CT molecular complexity index is 917. The van der Waals surface area contributed by atoms with Crippen LogP contribution >= 0.6 is 0 Å². The molecule has 0 aromatic heterocycles. The fourth-order valence-corrected chi connectivity index (χ4v) is 7.30. The van der Waals surface area contributed by atoms with Gasteiger partial charge in [0.15, 0.2) is 0 Å². The van der Waals surface area contributed by atoms with Crippen LogP contribution in [0, 0.1) is 23.7 Å². The van der Waals surface area contributed by atoms with E-state index in [1.165, 1.54) is 88.2 Å². The van der Waals surface area contributed by atoms with Crippen LogP contribution in [0.1, 0.15) is 101 Å². The van der Waals surface area contributed by atoms with Crippen LogP contribution in [0.3, 0.4) is 0 Å². The van der Waals surface area contributed by atoms with Gasteiger partial charge in [-0.05, 0) is 122 Å². The summed E-state index contributed by atoms with van der Waals surface area (Å²) in [5.74, 6) is 4.50. The summed E-state index contributed by atoms with van der Waals surface area (Å²) in [5.41, 5.74) is 7.62. The smallest absolute Gasteiger partial charge is 0.0162 e. The van der Waals surface area contributed by atoms with Gasteiger partial charge < -0.3 is 0 Å². The fourth-order valence-electron chi connectivity index (χ4n) is 7.30. The van der Waals surface area contributed by atoms with Gasteiger partial charge in [0.05, 0.1) is 0 Å². The van der Waals surface area contributed by atoms with Crippen LogP contribution in [0.2, 0.25) is 0 Å². The fraction of sp³-hybridized carbons (Fsp3) is 0.576. The molecular weight excluding hydrogens is 396 g/mol. The summed E-state index contributed by atoms with van der Waals surface area (Å²) in [5, 5.41) is 0. The molecule has 176 valence electrons. The third-order valence-electron chi connectivity index (χ3n) is 9.56. The normalized spacial score (nSPS) is 30.3. The number of hydrogen-bond acceptors (Lipinski definition) is 0. The average molecular weight is 441 g/mol. The molecule has 2 fully saturated rings. The number of benzene rings is 2. The van der Waals surface area contributed by atoms with Gasteiger partial charge >= 0.3 is 0 Å². The molecule has 3 aliphatic carbocycles. The minimum atomic E-state index is 0.758. The maximum absolute atomic E-state index is 2.51. The molecule has 1 unspecified atom stereocenters. The van der Waals surface area contributed by atoms with E-state index in [2.05, 4.69) is 68.5 Å².